The van der Waals surface area contributed by atoms with Crippen molar-refractivity contribution in [2.75, 3.05) is 13.2 Å². The Bertz CT molecular complexity index is 700. The molecule has 0 spiro atoms. The van der Waals surface area contributed by atoms with Gasteiger partial charge in [0.05, 0.1) is 6.54 Å². The number of amides is 1. The van der Waals surface area contributed by atoms with Crippen molar-refractivity contribution in [3.8, 4) is 5.75 Å². The smallest absolute Gasteiger partial charge is 0.251 e. The van der Waals surface area contributed by atoms with Gasteiger partial charge in [0.25, 0.3) is 5.91 Å². The largest absolute Gasteiger partial charge is 0.492 e. The maximum atomic E-state index is 12.3. The van der Waals surface area contributed by atoms with Crippen LogP contribution in [-0.4, -0.2) is 19.1 Å². The predicted molar refractivity (Wildman–Crippen MR) is 94.4 cm³/mol. The maximum absolute atomic E-state index is 12.3. The Balaban J connectivity index is 1.89. The zero-order chi connectivity index (χ0) is 17.0. The fourth-order valence-electron chi connectivity index (χ4n) is 2.65. The third-order valence-electron chi connectivity index (χ3n) is 3.94. The van der Waals surface area contributed by atoms with E-state index in [0.717, 1.165) is 22.4 Å². The van der Waals surface area contributed by atoms with E-state index in [0.29, 0.717) is 13.2 Å². The lowest BCUT2D eigenvalue weighted by Crippen LogP contribution is -2.28. The second kappa shape index (κ2) is 7.32. The van der Waals surface area contributed by atoms with E-state index in [2.05, 4.69) is 24.4 Å². The summed E-state index contributed by atoms with van der Waals surface area (Å²) in [5.41, 5.74) is 6.43. The molecule has 3 nitrogen and oxygen atoms in total. The van der Waals surface area contributed by atoms with E-state index in [4.69, 9.17) is 4.74 Å². The molecule has 0 aromatic heterocycles. The molecule has 0 unspecified atom stereocenters. The van der Waals surface area contributed by atoms with Crippen LogP contribution in [0, 0.1) is 34.6 Å². The summed E-state index contributed by atoms with van der Waals surface area (Å²) in [5, 5.41) is 2.92. The molecular formula is C20H25NO2. The third-order valence-corrected chi connectivity index (χ3v) is 3.94. The van der Waals surface area contributed by atoms with Gasteiger partial charge in [-0.15, -0.1) is 0 Å². The number of carbonyl (C=O) groups excluding carboxylic acids is 1. The molecule has 0 heterocycles. The van der Waals surface area contributed by atoms with Crippen molar-refractivity contribution in [3.05, 3.63) is 63.7 Å². The molecule has 0 aliphatic heterocycles. The van der Waals surface area contributed by atoms with E-state index in [9.17, 15) is 4.79 Å². The fourth-order valence-corrected chi connectivity index (χ4v) is 2.65. The molecule has 0 bridgehead atoms. The summed E-state index contributed by atoms with van der Waals surface area (Å²) < 4.78 is 5.71. The quantitative estimate of drug-likeness (QED) is 0.846. The van der Waals surface area contributed by atoms with Crippen LogP contribution in [0.25, 0.3) is 0 Å². The molecule has 23 heavy (non-hydrogen) atoms. The van der Waals surface area contributed by atoms with Gasteiger partial charge in [0, 0.05) is 5.56 Å². The second-order valence-corrected chi connectivity index (χ2v) is 6.18. The number of aryl methyl sites for hydroxylation is 5. The minimum Gasteiger partial charge on any atom is -0.492 e. The standard InChI is InChI=1S/C20H25NO2/c1-13-8-14(2)10-18(9-13)23-7-6-21-20(22)19-12-16(4)15(3)11-17(19)5/h8-12H,6-7H2,1-5H3,(H,21,22). The van der Waals surface area contributed by atoms with Gasteiger partial charge in [-0.1, -0.05) is 12.1 Å². The molecular weight excluding hydrogens is 286 g/mol. The fraction of sp³-hybridized carbons (Fsp3) is 0.350. The van der Waals surface area contributed by atoms with Crippen molar-refractivity contribution in [3.63, 3.8) is 0 Å². The van der Waals surface area contributed by atoms with Crippen LogP contribution in [0.5, 0.6) is 5.75 Å². The van der Waals surface area contributed by atoms with E-state index in [1.807, 2.05) is 45.9 Å². The first-order chi connectivity index (χ1) is 10.9. The van der Waals surface area contributed by atoms with Crippen LogP contribution in [0.15, 0.2) is 30.3 Å². The molecule has 0 aliphatic rings. The van der Waals surface area contributed by atoms with E-state index in [-0.39, 0.29) is 5.91 Å². The summed E-state index contributed by atoms with van der Waals surface area (Å²) in [6.07, 6.45) is 0. The Morgan fingerprint density at radius 3 is 2.13 bits per heavy atom. The summed E-state index contributed by atoms with van der Waals surface area (Å²) in [7, 11) is 0. The SMILES string of the molecule is Cc1cc(C)cc(OCCNC(=O)c2cc(C)c(C)cc2C)c1. The molecule has 3 heteroatoms. The van der Waals surface area contributed by atoms with Crippen LogP contribution in [0.4, 0.5) is 0 Å². The lowest BCUT2D eigenvalue weighted by Gasteiger charge is -2.12. The van der Waals surface area contributed by atoms with Crippen LogP contribution >= 0.6 is 0 Å². The van der Waals surface area contributed by atoms with E-state index >= 15 is 0 Å². The molecule has 1 N–H and O–H groups in total. The Morgan fingerprint density at radius 2 is 1.48 bits per heavy atom. The molecule has 1 amide bonds. The highest BCUT2D eigenvalue weighted by Crippen LogP contribution is 2.16. The number of rotatable bonds is 5. The van der Waals surface area contributed by atoms with E-state index < -0.39 is 0 Å². The molecule has 0 saturated heterocycles. The Hall–Kier alpha value is -2.29. The van der Waals surface area contributed by atoms with Crippen molar-refractivity contribution >= 4 is 5.91 Å². The summed E-state index contributed by atoms with van der Waals surface area (Å²) in [5.74, 6) is 0.800. The van der Waals surface area contributed by atoms with Gasteiger partial charge >= 0.3 is 0 Å². The molecule has 0 atom stereocenters. The number of carbonyl (C=O) groups is 1. The monoisotopic (exact) mass is 311 g/mol. The number of benzene rings is 2. The van der Waals surface area contributed by atoms with Crippen molar-refractivity contribution in [2.24, 2.45) is 0 Å². The van der Waals surface area contributed by atoms with Gasteiger partial charge in [-0.25, -0.2) is 0 Å². The minimum absolute atomic E-state index is 0.0466. The average Bonchev–Trinajstić information content (AvgIpc) is 2.46. The minimum atomic E-state index is -0.0466. The topological polar surface area (TPSA) is 38.3 Å². The van der Waals surface area contributed by atoms with Gasteiger partial charge in [-0.2, -0.15) is 0 Å². The van der Waals surface area contributed by atoms with Gasteiger partial charge in [0.2, 0.25) is 0 Å². The third kappa shape index (κ3) is 4.59. The molecule has 2 aromatic carbocycles. The Kier molecular flexibility index (Phi) is 5.43. The van der Waals surface area contributed by atoms with E-state index in [1.54, 1.807) is 0 Å². The zero-order valence-electron chi connectivity index (χ0n) is 14.6. The first-order valence-corrected chi connectivity index (χ1v) is 7.94. The molecule has 2 aromatic rings. The van der Waals surface area contributed by atoms with Gasteiger partial charge in [0.15, 0.2) is 0 Å². The summed E-state index contributed by atoms with van der Waals surface area (Å²) >= 11 is 0. The summed E-state index contributed by atoms with van der Waals surface area (Å²) in [6.45, 7) is 11.1. The molecule has 2 rings (SSSR count). The van der Waals surface area contributed by atoms with Crippen molar-refractivity contribution in [1.82, 2.24) is 5.32 Å². The first-order valence-electron chi connectivity index (χ1n) is 7.94. The van der Waals surface area contributed by atoms with Crippen LogP contribution < -0.4 is 10.1 Å². The average molecular weight is 311 g/mol. The molecule has 0 saturated carbocycles. The lowest BCUT2D eigenvalue weighted by molar-refractivity contribution is 0.0946. The zero-order valence-corrected chi connectivity index (χ0v) is 14.6. The Morgan fingerprint density at radius 1 is 0.870 bits per heavy atom. The predicted octanol–water partition coefficient (Wildman–Crippen LogP) is 4.04. The van der Waals surface area contributed by atoms with Crippen LogP contribution in [0.3, 0.4) is 0 Å². The number of nitrogens with one attached hydrogen (secondary N) is 1. The molecule has 0 aliphatic carbocycles. The highest BCUT2D eigenvalue weighted by Gasteiger charge is 2.10. The number of hydrogen-bond acceptors (Lipinski definition) is 2. The normalized spacial score (nSPS) is 10.5. The molecule has 122 valence electrons. The number of ether oxygens (including phenoxy) is 1. The lowest BCUT2D eigenvalue weighted by atomic mass is 10.0. The summed E-state index contributed by atoms with van der Waals surface area (Å²) in [6, 6.07) is 10.1. The van der Waals surface area contributed by atoms with Crippen molar-refractivity contribution in [2.45, 2.75) is 34.6 Å². The molecule has 0 fully saturated rings. The maximum Gasteiger partial charge on any atom is 0.251 e. The van der Waals surface area contributed by atoms with Gasteiger partial charge in [-0.3, -0.25) is 4.79 Å². The Labute approximate surface area is 138 Å². The highest BCUT2D eigenvalue weighted by molar-refractivity contribution is 5.95. The van der Waals surface area contributed by atoms with Gasteiger partial charge in [0.1, 0.15) is 12.4 Å². The van der Waals surface area contributed by atoms with Crippen molar-refractivity contribution in [1.29, 1.82) is 0 Å². The van der Waals surface area contributed by atoms with Crippen LogP contribution in [-0.2, 0) is 0 Å². The highest BCUT2D eigenvalue weighted by atomic mass is 16.5. The molecule has 0 radical (unpaired) electrons. The summed E-state index contributed by atoms with van der Waals surface area (Å²) in [4.78, 5) is 12.3. The van der Waals surface area contributed by atoms with Crippen LogP contribution in [0.1, 0.15) is 38.2 Å². The first kappa shape index (κ1) is 17.1. The van der Waals surface area contributed by atoms with Crippen LogP contribution in [0.2, 0.25) is 0 Å². The van der Waals surface area contributed by atoms with Gasteiger partial charge < -0.3 is 10.1 Å². The van der Waals surface area contributed by atoms with Gasteiger partial charge in [-0.05, 0) is 80.6 Å². The second-order valence-electron chi connectivity index (χ2n) is 6.18. The van der Waals surface area contributed by atoms with E-state index in [1.165, 1.54) is 16.7 Å². The number of hydrogen-bond donors (Lipinski definition) is 1. The van der Waals surface area contributed by atoms with Crippen molar-refractivity contribution < 1.29 is 9.53 Å².